The van der Waals surface area contributed by atoms with Crippen LogP contribution in [0.4, 0.5) is 5.13 Å². The number of pyridine rings is 1. The highest BCUT2D eigenvalue weighted by Gasteiger charge is 2.54. The van der Waals surface area contributed by atoms with Gasteiger partial charge in [0.15, 0.2) is 24.1 Å². The Labute approximate surface area is 217 Å². The molecule has 0 saturated carbocycles. The van der Waals surface area contributed by atoms with Crippen molar-refractivity contribution < 1.29 is 38.8 Å². The minimum absolute atomic E-state index is 0.0629. The molecule has 1 fully saturated rings. The molecule has 0 bridgehead atoms. The molecule has 4 rings (SSSR count). The zero-order chi connectivity index (χ0) is 26.7. The highest BCUT2D eigenvalue weighted by molar-refractivity contribution is 8.00. The molecule has 4 heterocycles. The number of carbonyl (C=O) groups excluding carboxylic acids is 2. The molecule has 0 unspecified atom stereocenters. The molecule has 0 spiro atoms. The number of anilines is 1. The van der Waals surface area contributed by atoms with Crippen molar-refractivity contribution in [2.75, 3.05) is 18.6 Å². The zero-order valence-electron chi connectivity index (χ0n) is 19.1. The summed E-state index contributed by atoms with van der Waals surface area (Å²) in [5.74, 6) is -3.51. The first-order valence-corrected chi connectivity index (χ1v) is 12.3. The number of carbonyl (C=O) groups is 4. The number of carboxylic acid groups (broad SMARTS) is 2. The number of amides is 2. The van der Waals surface area contributed by atoms with E-state index in [1.54, 1.807) is 29.0 Å². The van der Waals surface area contributed by atoms with E-state index in [0.29, 0.717) is 5.57 Å². The summed E-state index contributed by atoms with van der Waals surface area (Å²) in [6.07, 6.45) is 6.40. The highest BCUT2D eigenvalue weighted by atomic mass is 32.2. The van der Waals surface area contributed by atoms with Crippen LogP contribution >= 0.6 is 23.3 Å². The molecule has 16 heteroatoms. The Bertz CT molecular complexity index is 1370. The van der Waals surface area contributed by atoms with Crippen molar-refractivity contribution in [2.24, 2.45) is 5.16 Å². The van der Waals surface area contributed by atoms with E-state index in [4.69, 9.17) is 15.7 Å². The zero-order valence-corrected chi connectivity index (χ0v) is 20.7. The molecule has 0 radical (unpaired) electrons. The van der Waals surface area contributed by atoms with Crippen LogP contribution in [0.1, 0.15) is 16.2 Å². The smallest absolute Gasteiger partial charge is 0.352 e. The number of carboxylic acids is 2. The maximum absolute atomic E-state index is 12.9. The van der Waals surface area contributed by atoms with Crippen molar-refractivity contribution in [3.63, 3.8) is 0 Å². The summed E-state index contributed by atoms with van der Waals surface area (Å²) < 4.78 is 5.56. The van der Waals surface area contributed by atoms with Gasteiger partial charge >= 0.3 is 11.9 Å². The number of thioether (sulfide) groups is 1. The van der Waals surface area contributed by atoms with E-state index in [2.05, 4.69) is 19.8 Å². The van der Waals surface area contributed by atoms with E-state index >= 15 is 0 Å². The maximum Gasteiger partial charge on any atom is 0.352 e. The summed E-state index contributed by atoms with van der Waals surface area (Å²) >= 11 is 2.15. The van der Waals surface area contributed by atoms with E-state index in [-0.39, 0.29) is 40.2 Å². The van der Waals surface area contributed by atoms with Crippen molar-refractivity contribution in [1.29, 1.82) is 0 Å². The predicted octanol–water partition coefficient (Wildman–Crippen LogP) is -0.548. The fourth-order valence-electron chi connectivity index (χ4n) is 3.67. The summed E-state index contributed by atoms with van der Waals surface area (Å²) in [4.78, 5) is 58.6. The fraction of sp³-hybridized carbons (Fsp3) is 0.238. The van der Waals surface area contributed by atoms with E-state index < -0.39 is 35.2 Å². The van der Waals surface area contributed by atoms with Crippen molar-refractivity contribution in [1.82, 2.24) is 19.6 Å². The summed E-state index contributed by atoms with van der Waals surface area (Å²) in [7, 11) is 1.23. The summed E-state index contributed by atoms with van der Waals surface area (Å²) in [5, 5.41) is 24.6. The molecular weight excluding hydrogens is 526 g/mol. The number of hydrogen-bond donors (Lipinski definition) is 4. The molecular formula is C21H20N7O7S2+. The van der Waals surface area contributed by atoms with Gasteiger partial charge in [-0.15, -0.1) is 11.8 Å². The Balaban J connectivity index is 1.49. The Morgan fingerprint density at radius 1 is 1.38 bits per heavy atom. The van der Waals surface area contributed by atoms with Crippen LogP contribution in [0.3, 0.4) is 0 Å². The van der Waals surface area contributed by atoms with Crippen molar-refractivity contribution in [2.45, 2.75) is 18.0 Å². The number of β-lactam (4-membered cyclic amide) rings is 1. The third-order valence-electron chi connectivity index (χ3n) is 5.28. The molecule has 1 saturated heterocycles. The number of hydrogen-bond acceptors (Lipinski definition) is 11. The molecule has 2 aromatic rings. The molecule has 2 aromatic heterocycles. The summed E-state index contributed by atoms with van der Waals surface area (Å²) in [5.41, 5.74) is 5.63. The van der Waals surface area contributed by atoms with Gasteiger partial charge < -0.3 is 26.1 Å². The lowest BCUT2D eigenvalue weighted by Crippen LogP contribution is -2.71. The van der Waals surface area contributed by atoms with Gasteiger partial charge in [-0.1, -0.05) is 11.2 Å². The second-order valence-electron chi connectivity index (χ2n) is 7.62. The van der Waals surface area contributed by atoms with Crippen molar-refractivity contribution in [3.8, 4) is 0 Å². The van der Waals surface area contributed by atoms with Gasteiger partial charge in [-0.2, -0.15) is 9.36 Å². The minimum atomic E-state index is -1.28. The normalized spacial score (nSPS) is 19.4. The van der Waals surface area contributed by atoms with Crippen LogP contribution in [-0.4, -0.2) is 78.2 Å². The first-order valence-electron chi connectivity index (χ1n) is 10.5. The number of nitrogen functional groups attached to an aromatic ring is 1. The Hall–Kier alpha value is -4.31. The predicted molar refractivity (Wildman–Crippen MR) is 130 cm³/mol. The number of aromatic nitrogens is 3. The fourth-order valence-corrected chi connectivity index (χ4v) is 5.42. The molecule has 192 valence electrons. The number of nitrogens with one attached hydrogen (secondary N) is 1. The lowest BCUT2D eigenvalue weighted by Gasteiger charge is -2.49. The number of oxime groups is 1. The van der Waals surface area contributed by atoms with E-state index in [0.717, 1.165) is 16.4 Å². The number of fused-ring (bicyclic) bond motifs is 1. The molecule has 14 nitrogen and oxygen atoms in total. The Morgan fingerprint density at radius 2 is 2.16 bits per heavy atom. The standard InChI is InChI=1S/C21H19N7O7S2/c1-35-25-12(15-24-21(22)37-26-15)16(29)23-13-17(30)28-14(20(33)34)11(9-36-18(13)28)5-3-7-27-6-2-4-10(8-27)19(31)32/h2-6,8,13,18H,7,9H2,1H3,(H4-,22,23,24,26,29,31,32,33,34)/p+1/b5-3+,25-12-/t13-,18+/m1/s1. The van der Waals surface area contributed by atoms with Gasteiger partial charge in [0.25, 0.3) is 11.8 Å². The molecule has 0 aliphatic carbocycles. The van der Waals surface area contributed by atoms with Crippen LogP contribution in [0, 0.1) is 0 Å². The molecule has 2 amide bonds. The Morgan fingerprint density at radius 3 is 2.81 bits per heavy atom. The maximum atomic E-state index is 12.9. The number of rotatable bonds is 9. The SMILES string of the molecule is CO/N=C(\C(=O)N[C@@H]1C(=O)N2C(C(=O)O)=C(/C=C/C[n+]3cccc(C(=O)O)c3)CS[C@@H]12)c1nsc(N)n1. The van der Waals surface area contributed by atoms with Gasteiger partial charge in [0.05, 0.1) is 0 Å². The van der Waals surface area contributed by atoms with E-state index in [1.165, 1.54) is 31.1 Å². The van der Waals surface area contributed by atoms with Crippen LogP contribution in [-0.2, 0) is 25.8 Å². The number of aromatic carboxylic acids is 1. The minimum Gasteiger partial charge on any atom is -0.477 e. The number of aliphatic carboxylic acids is 1. The van der Waals surface area contributed by atoms with Crippen LogP contribution in [0.25, 0.3) is 0 Å². The van der Waals surface area contributed by atoms with Crippen LogP contribution < -0.4 is 15.6 Å². The monoisotopic (exact) mass is 546 g/mol. The Kier molecular flexibility index (Phi) is 7.49. The lowest BCUT2D eigenvalue weighted by molar-refractivity contribution is -0.687. The second kappa shape index (κ2) is 10.8. The van der Waals surface area contributed by atoms with Crippen LogP contribution in [0.5, 0.6) is 0 Å². The molecule has 2 aliphatic heterocycles. The quantitative estimate of drug-likeness (QED) is 0.136. The second-order valence-corrected chi connectivity index (χ2v) is 9.50. The third kappa shape index (κ3) is 5.29. The van der Waals surface area contributed by atoms with Gasteiger partial charge in [-0.25, -0.2) is 14.2 Å². The lowest BCUT2D eigenvalue weighted by atomic mass is 10.0. The third-order valence-corrected chi connectivity index (χ3v) is 7.12. The topological polar surface area (TPSA) is 201 Å². The molecule has 2 atom stereocenters. The summed E-state index contributed by atoms with van der Waals surface area (Å²) in [6.45, 7) is 0.287. The first kappa shape index (κ1) is 25.8. The van der Waals surface area contributed by atoms with Crippen molar-refractivity contribution >= 4 is 57.9 Å². The van der Waals surface area contributed by atoms with E-state index in [1.807, 2.05) is 0 Å². The van der Waals surface area contributed by atoms with E-state index in [9.17, 15) is 24.3 Å². The molecule has 37 heavy (non-hydrogen) atoms. The molecule has 5 N–H and O–H groups in total. The number of nitrogens with two attached hydrogens (primary N) is 1. The largest absolute Gasteiger partial charge is 0.477 e. The van der Waals surface area contributed by atoms with Gasteiger partial charge in [0, 0.05) is 23.4 Å². The van der Waals surface area contributed by atoms with Gasteiger partial charge in [0.2, 0.25) is 11.5 Å². The van der Waals surface area contributed by atoms with Crippen molar-refractivity contribution in [3.05, 3.63) is 59.3 Å². The average Bonchev–Trinajstić information content (AvgIpc) is 3.30. The van der Waals surface area contributed by atoms with Gasteiger partial charge in [-0.05, 0) is 17.7 Å². The van der Waals surface area contributed by atoms with Gasteiger partial charge in [-0.3, -0.25) is 14.5 Å². The molecule has 0 aromatic carbocycles. The number of allylic oxidation sites excluding steroid dienone is 2. The number of nitrogens with zero attached hydrogens (tertiary/aromatic N) is 5. The molecule has 2 aliphatic rings. The van der Waals surface area contributed by atoms with Crippen LogP contribution in [0.15, 0.2) is 53.1 Å². The first-order chi connectivity index (χ1) is 17.7. The highest BCUT2D eigenvalue weighted by Crippen LogP contribution is 2.40. The van der Waals surface area contributed by atoms with Crippen LogP contribution in [0.2, 0.25) is 0 Å². The van der Waals surface area contributed by atoms with Gasteiger partial charge in [0.1, 0.15) is 29.8 Å². The average molecular weight is 547 g/mol. The summed E-state index contributed by atoms with van der Waals surface area (Å²) in [6, 6.07) is 2.06.